The highest BCUT2D eigenvalue weighted by atomic mass is 32.2. The van der Waals surface area contributed by atoms with Crippen LogP contribution in [0.25, 0.3) is 0 Å². The van der Waals surface area contributed by atoms with E-state index in [0.29, 0.717) is 6.42 Å². The molecular weight excluding hydrogens is 254 g/mol. The molecule has 0 saturated heterocycles. The van der Waals surface area contributed by atoms with Crippen molar-refractivity contribution in [2.45, 2.75) is 29.9 Å². The fourth-order valence-corrected chi connectivity index (χ4v) is 2.43. The Morgan fingerprint density at radius 2 is 1.94 bits per heavy atom. The van der Waals surface area contributed by atoms with Gasteiger partial charge in [0, 0.05) is 6.42 Å². The fraction of sp³-hybridized carbons (Fsp3) is 0.333. The Labute approximate surface area is 106 Å². The molecule has 0 aliphatic carbocycles. The smallest absolute Gasteiger partial charge is 0.303 e. The van der Waals surface area contributed by atoms with Crippen LogP contribution in [0.2, 0.25) is 0 Å². The lowest BCUT2D eigenvalue weighted by Gasteiger charge is -2.06. The van der Waals surface area contributed by atoms with E-state index in [1.807, 2.05) is 0 Å². The number of hydrogen-bond donors (Lipinski definition) is 1. The number of rotatable bonds is 5. The third kappa shape index (κ3) is 3.31. The van der Waals surface area contributed by atoms with Crippen molar-refractivity contribution in [3.8, 4) is 6.07 Å². The number of carboxylic acids is 1. The zero-order chi connectivity index (χ0) is 13.8. The van der Waals surface area contributed by atoms with Crippen molar-refractivity contribution < 1.29 is 18.3 Å². The van der Waals surface area contributed by atoms with Gasteiger partial charge in [-0.05, 0) is 31.0 Å². The van der Waals surface area contributed by atoms with Gasteiger partial charge in [0.05, 0.1) is 11.0 Å². The Hall–Kier alpha value is -1.87. The molecule has 1 unspecified atom stereocenters. The van der Waals surface area contributed by atoms with Crippen LogP contribution in [0.15, 0.2) is 29.2 Å². The second-order valence-corrected chi connectivity index (χ2v) is 6.12. The van der Waals surface area contributed by atoms with Gasteiger partial charge in [-0.15, -0.1) is 0 Å². The van der Waals surface area contributed by atoms with Crippen LogP contribution < -0.4 is 0 Å². The maximum Gasteiger partial charge on any atom is 0.303 e. The van der Waals surface area contributed by atoms with Gasteiger partial charge >= 0.3 is 5.97 Å². The predicted molar refractivity (Wildman–Crippen MR) is 64.7 cm³/mol. The van der Waals surface area contributed by atoms with Crippen LogP contribution in [0.5, 0.6) is 0 Å². The van der Waals surface area contributed by atoms with Crippen LogP contribution in [-0.4, -0.2) is 24.7 Å². The van der Waals surface area contributed by atoms with E-state index in [2.05, 4.69) is 0 Å². The fourth-order valence-electron chi connectivity index (χ4n) is 1.37. The van der Waals surface area contributed by atoms with Crippen LogP contribution in [0.1, 0.15) is 18.9 Å². The van der Waals surface area contributed by atoms with Crippen molar-refractivity contribution >= 4 is 15.8 Å². The van der Waals surface area contributed by atoms with E-state index in [1.54, 1.807) is 18.2 Å². The molecule has 0 aromatic heterocycles. The second-order valence-electron chi connectivity index (χ2n) is 3.85. The molecule has 0 spiro atoms. The van der Waals surface area contributed by atoms with E-state index in [9.17, 15) is 13.2 Å². The Kier molecular flexibility index (Phi) is 4.45. The van der Waals surface area contributed by atoms with Gasteiger partial charge in [-0.2, -0.15) is 5.26 Å². The highest BCUT2D eigenvalue weighted by molar-refractivity contribution is 7.92. The number of nitrogens with zero attached hydrogens (tertiary/aromatic N) is 1. The lowest BCUT2D eigenvalue weighted by molar-refractivity contribution is -0.136. The molecule has 0 radical (unpaired) electrons. The van der Waals surface area contributed by atoms with E-state index < -0.39 is 21.1 Å². The maximum atomic E-state index is 11.8. The third-order valence-corrected chi connectivity index (χ3v) is 4.49. The normalized spacial score (nSPS) is 12.7. The van der Waals surface area contributed by atoms with Crippen molar-refractivity contribution in [3.05, 3.63) is 29.8 Å². The maximum absolute atomic E-state index is 11.8. The van der Waals surface area contributed by atoms with Crippen LogP contribution in [0.3, 0.4) is 0 Å². The van der Waals surface area contributed by atoms with Gasteiger partial charge in [-0.1, -0.05) is 12.1 Å². The van der Waals surface area contributed by atoms with Crippen molar-refractivity contribution in [1.29, 1.82) is 5.26 Å². The number of nitriles is 1. The molecule has 18 heavy (non-hydrogen) atoms. The summed E-state index contributed by atoms with van der Waals surface area (Å²) >= 11 is 0. The Morgan fingerprint density at radius 3 is 2.39 bits per heavy atom. The first-order valence-corrected chi connectivity index (χ1v) is 6.87. The molecule has 0 fully saturated rings. The summed E-state index contributed by atoms with van der Waals surface area (Å²) in [7, 11) is -3.61. The van der Waals surface area contributed by atoms with Gasteiger partial charge in [0.15, 0.2) is 9.84 Å². The molecule has 1 rings (SSSR count). The minimum absolute atomic E-state index is 0.000689. The number of carboxylic acid groups (broad SMARTS) is 1. The zero-order valence-electron chi connectivity index (χ0n) is 9.83. The Morgan fingerprint density at radius 1 is 1.39 bits per heavy atom. The highest BCUT2D eigenvalue weighted by Crippen LogP contribution is 2.17. The summed E-state index contributed by atoms with van der Waals surface area (Å²) in [4.78, 5) is 10.5. The van der Waals surface area contributed by atoms with Crippen molar-refractivity contribution in [1.82, 2.24) is 0 Å². The second kappa shape index (κ2) is 5.65. The predicted octanol–water partition coefficient (Wildman–Crippen LogP) is 1.39. The van der Waals surface area contributed by atoms with E-state index in [0.717, 1.165) is 5.56 Å². The molecule has 96 valence electrons. The quantitative estimate of drug-likeness (QED) is 0.869. The lowest BCUT2D eigenvalue weighted by atomic mass is 10.1. The summed E-state index contributed by atoms with van der Waals surface area (Å²) in [6.07, 6.45) is 0.351. The molecule has 1 N–H and O–H groups in total. The summed E-state index contributed by atoms with van der Waals surface area (Å²) in [5.74, 6) is -0.898. The number of hydrogen-bond acceptors (Lipinski definition) is 4. The standard InChI is InChI=1S/C12H13NO4S/c1-9(8-13)18(16,17)11-5-2-10(3-6-11)4-7-12(14)15/h2-3,5-6,9H,4,7H2,1H3,(H,14,15). The number of carbonyl (C=O) groups is 1. The van der Waals surface area contributed by atoms with Crippen LogP contribution in [-0.2, 0) is 21.1 Å². The van der Waals surface area contributed by atoms with Gasteiger partial charge in [0.25, 0.3) is 0 Å². The molecule has 1 atom stereocenters. The topological polar surface area (TPSA) is 95.2 Å². The van der Waals surface area contributed by atoms with E-state index in [-0.39, 0.29) is 11.3 Å². The van der Waals surface area contributed by atoms with E-state index in [4.69, 9.17) is 10.4 Å². The van der Waals surface area contributed by atoms with Crippen molar-refractivity contribution in [2.75, 3.05) is 0 Å². The number of sulfone groups is 1. The average Bonchev–Trinajstić information content (AvgIpc) is 2.35. The summed E-state index contributed by atoms with van der Waals surface area (Å²) in [6, 6.07) is 7.64. The molecule has 1 aromatic rings. The minimum atomic E-state index is -3.61. The summed E-state index contributed by atoms with van der Waals surface area (Å²) in [5, 5.41) is 16.1. The molecule has 1 aromatic carbocycles. The molecule has 0 saturated carbocycles. The number of benzene rings is 1. The van der Waals surface area contributed by atoms with E-state index >= 15 is 0 Å². The van der Waals surface area contributed by atoms with Gasteiger partial charge in [-0.25, -0.2) is 8.42 Å². The molecule has 0 bridgehead atoms. The molecule has 0 amide bonds. The summed E-state index contributed by atoms with van der Waals surface area (Å²) in [6.45, 7) is 1.33. The van der Waals surface area contributed by atoms with Crippen LogP contribution >= 0.6 is 0 Å². The van der Waals surface area contributed by atoms with E-state index in [1.165, 1.54) is 19.1 Å². The van der Waals surface area contributed by atoms with Crippen LogP contribution in [0.4, 0.5) is 0 Å². The summed E-state index contributed by atoms with van der Waals surface area (Å²) in [5.41, 5.74) is 0.751. The van der Waals surface area contributed by atoms with Crippen LogP contribution in [0, 0.1) is 11.3 Å². The molecular formula is C12H13NO4S. The first-order valence-electron chi connectivity index (χ1n) is 5.32. The van der Waals surface area contributed by atoms with Crippen molar-refractivity contribution in [2.24, 2.45) is 0 Å². The lowest BCUT2D eigenvalue weighted by Crippen LogP contribution is -2.15. The highest BCUT2D eigenvalue weighted by Gasteiger charge is 2.22. The first kappa shape index (κ1) is 14.2. The number of aryl methyl sites for hydroxylation is 1. The average molecular weight is 267 g/mol. The largest absolute Gasteiger partial charge is 0.481 e. The summed E-state index contributed by atoms with van der Waals surface area (Å²) < 4.78 is 23.6. The molecule has 5 nitrogen and oxygen atoms in total. The van der Waals surface area contributed by atoms with Gasteiger partial charge < -0.3 is 5.11 Å². The van der Waals surface area contributed by atoms with Gasteiger partial charge in [-0.3, -0.25) is 4.79 Å². The monoisotopic (exact) mass is 267 g/mol. The SMILES string of the molecule is CC(C#N)S(=O)(=O)c1ccc(CCC(=O)O)cc1. The zero-order valence-corrected chi connectivity index (χ0v) is 10.6. The first-order chi connectivity index (χ1) is 8.37. The molecule has 0 aliphatic heterocycles. The van der Waals surface area contributed by atoms with Crippen molar-refractivity contribution in [3.63, 3.8) is 0 Å². The van der Waals surface area contributed by atoms with Gasteiger partial charge in [0.1, 0.15) is 5.25 Å². The Balaban J connectivity index is 2.90. The van der Waals surface area contributed by atoms with Gasteiger partial charge in [0.2, 0.25) is 0 Å². The Bertz CT molecular complexity index is 569. The number of aliphatic carboxylic acids is 1. The minimum Gasteiger partial charge on any atom is -0.481 e. The third-order valence-electron chi connectivity index (χ3n) is 2.53. The molecule has 0 aliphatic rings. The molecule has 6 heteroatoms. The molecule has 0 heterocycles.